The molecule has 186 valence electrons. The summed E-state index contributed by atoms with van der Waals surface area (Å²) in [6.07, 6.45) is 2.52. The van der Waals surface area contributed by atoms with Crippen LogP contribution in [0.25, 0.3) is 11.4 Å². The number of rotatable bonds is 4. The van der Waals surface area contributed by atoms with Crippen molar-refractivity contribution in [3.05, 3.63) is 76.2 Å². The van der Waals surface area contributed by atoms with Gasteiger partial charge < -0.3 is 20.9 Å². The number of carbonyl (C=O) groups is 2. The molecule has 0 bridgehead atoms. The van der Waals surface area contributed by atoms with Crippen LogP contribution in [0.1, 0.15) is 38.4 Å². The van der Waals surface area contributed by atoms with Crippen molar-refractivity contribution in [3.8, 4) is 23.2 Å². The number of nitrogen functional groups attached to an aromatic ring is 1. The summed E-state index contributed by atoms with van der Waals surface area (Å²) in [5.74, 6) is 6.83. The van der Waals surface area contributed by atoms with Crippen LogP contribution in [-0.4, -0.2) is 42.7 Å². The average molecular weight is 495 g/mol. The molecule has 1 aliphatic rings. The molecule has 1 aliphatic heterocycles. The Balaban J connectivity index is 1.40. The zero-order valence-corrected chi connectivity index (χ0v) is 20.8. The molecule has 0 unspecified atom stereocenters. The minimum Gasteiger partial charge on any atom is -0.368 e. The molecule has 0 aliphatic carbocycles. The Hall–Kier alpha value is -4.91. The van der Waals surface area contributed by atoms with Gasteiger partial charge in [0, 0.05) is 50.6 Å². The second-order valence-electron chi connectivity index (χ2n) is 8.92. The highest BCUT2D eigenvalue weighted by Gasteiger charge is 2.24. The molecule has 10 heteroatoms. The van der Waals surface area contributed by atoms with E-state index in [-0.39, 0.29) is 24.2 Å². The number of carbonyl (C=O) groups excluding carboxylic acids is 2. The number of benzene rings is 1. The Kier molecular flexibility index (Phi) is 6.19. The number of nitrogens with zero attached hydrogens (tertiary/aromatic N) is 5. The summed E-state index contributed by atoms with van der Waals surface area (Å²) in [4.78, 5) is 33.5. The van der Waals surface area contributed by atoms with E-state index in [0.29, 0.717) is 29.2 Å². The van der Waals surface area contributed by atoms with Gasteiger partial charge in [-0.25, -0.2) is 9.97 Å². The third-order valence-electron chi connectivity index (χ3n) is 6.20. The Labute approximate surface area is 213 Å². The fourth-order valence-electron chi connectivity index (χ4n) is 4.44. The van der Waals surface area contributed by atoms with E-state index in [1.54, 1.807) is 17.9 Å². The third-order valence-corrected chi connectivity index (χ3v) is 6.20. The molecular weight excluding hydrogens is 468 g/mol. The number of aryl methyl sites for hydroxylation is 2. The van der Waals surface area contributed by atoms with E-state index in [1.165, 1.54) is 0 Å². The van der Waals surface area contributed by atoms with Gasteiger partial charge in [-0.2, -0.15) is 5.10 Å². The SMILES string of the molecule is Cc1cc(NC(=O)Cc2cccc(C#Cc3cnc(N)nc3-c3cc4c(n3C)CCNC4=O)c2)n(C)n1. The van der Waals surface area contributed by atoms with Crippen molar-refractivity contribution in [1.29, 1.82) is 0 Å². The Morgan fingerprint density at radius 1 is 1.22 bits per heavy atom. The van der Waals surface area contributed by atoms with Crippen LogP contribution in [-0.2, 0) is 31.7 Å². The fourth-order valence-corrected chi connectivity index (χ4v) is 4.44. The highest BCUT2D eigenvalue weighted by atomic mass is 16.2. The first-order chi connectivity index (χ1) is 17.8. The number of aromatic nitrogens is 5. The van der Waals surface area contributed by atoms with Crippen LogP contribution in [0.3, 0.4) is 0 Å². The summed E-state index contributed by atoms with van der Waals surface area (Å²) >= 11 is 0. The first-order valence-electron chi connectivity index (χ1n) is 11.8. The minimum absolute atomic E-state index is 0.0999. The number of hydrogen-bond donors (Lipinski definition) is 3. The highest BCUT2D eigenvalue weighted by molar-refractivity contribution is 5.98. The van der Waals surface area contributed by atoms with Gasteiger partial charge in [-0.1, -0.05) is 24.0 Å². The van der Waals surface area contributed by atoms with Crippen molar-refractivity contribution in [2.45, 2.75) is 19.8 Å². The maximum absolute atomic E-state index is 12.6. The second-order valence-corrected chi connectivity index (χ2v) is 8.92. The summed E-state index contributed by atoms with van der Waals surface area (Å²) < 4.78 is 3.60. The monoisotopic (exact) mass is 494 g/mol. The van der Waals surface area contributed by atoms with Gasteiger partial charge >= 0.3 is 0 Å². The molecule has 0 saturated carbocycles. The van der Waals surface area contributed by atoms with E-state index in [0.717, 1.165) is 34.6 Å². The van der Waals surface area contributed by atoms with E-state index in [2.05, 4.69) is 37.5 Å². The summed E-state index contributed by atoms with van der Waals surface area (Å²) in [7, 11) is 3.69. The van der Waals surface area contributed by atoms with Crippen LogP contribution in [0.2, 0.25) is 0 Å². The lowest BCUT2D eigenvalue weighted by Crippen LogP contribution is -2.31. The van der Waals surface area contributed by atoms with Gasteiger partial charge in [-0.05, 0) is 30.7 Å². The molecule has 0 radical (unpaired) electrons. The topological polar surface area (TPSA) is 133 Å². The lowest BCUT2D eigenvalue weighted by atomic mass is 10.1. The first kappa shape index (κ1) is 23.8. The summed E-state index contributed by atoms with van der Waals surface area (Å²) in [6.45, 7) is 2.47. The number of nitrogens with two attached hydrogens (primary N) is 1. The smallest absolute Gasteiger partial charge is 0.253 e. The normalized spacial score (nSPS) is 12.4. The van der Waals surface area contributed by atoms with Crippen LogP contribution in [0.15, 0.2) is 42.6 Å². The predicted molar refractivity (Wildman–Crippen MR) is 140 cm³/mol. The van der Waals surface area contributed by atoms with E-state index in [9.17, 15) is 9.59 Å². The molecule has 0 fully saturated rings. The number of hydrogen-bond acceptors (Lipinski definition) is 6. The van der Waals surface area contributed by atoms with Crippen LogP contribution in [0.5, 0.6) is 0 Å². The quantitative estimate of drug-likeness (QED) is 0.372. The maximum Gasteiger partial charge on any atom is 0.253 e. The summed E-state index contributed by atoms with van der Waals surface area (Å²) in [5, 5.41) is 10.00. The molecule has 5 rings (SSSR count). The molecule has 4 heterocycles. The molecular formula is C27H26N8O2. The Morgan fingerprint density at radius 2 is 2.05 bits per heavy atom. The molecule has 4 N–H and O–H groups in total. The van der Waals surface area contributed by atoms with Gasteiger partial charge in [-0.3, -0.25) is 14.3 Å². The van der Waals surface area contributed by atoms with Crippen molar-refractivity contribution in [2.75, 3.05) is 17.6 Å². The summed E-state index contributed by atoms with van der Waals surface area (Å²) in [6, 6.07) is 11.1. The van der Waals surface area contributed by atoms with E-state index < -0.39 is 0 Å². The Bertz CT molecular complexity index is 1600. The Morgan fingerprint density at radius 3 is 2.81 bits per heavy atom. The average Bonchev–Trinajstić information content (AvgIpc) is 3.36. The lowest BCUT2D eigenvalue weighted by Gasteiger charge is -2.14. The molecule has 0 atom stereocenters. The minimum atomic E-state index is -0.140. The lowest BCUT2D eigenvalue weighted by molar-refractivity contribution is -0.115. The van der Waals surface area contributed by atoms with Crippen molar-refractivity contribution < 1.29 is 9.59 Å². The number of fused-ring (bicyclic) bond motifs is 1. The van der Waals surface area contributed by atoms with Crippen molar-refractivity contribution in [3.63, 3.8) is 0 Å². The third kappa shape index (κ3) is 4.92. The summed E-state index contributed by atoms with van der Waals surface area (Å²) in [5.41, 5.74) is 11.8. The molecule has 37 heavy (non-hydrogen) atoms. The van der Waals surface area contributed by atoms with Gasteiger partial charge in [0.2, 0.25) is 11.9 Å². The van der Waals surface area contributed by atoms with Gasteiger partial charge in [0.25, 0.3) is 5.91 Å². The second kappa shape index (κ2) is 9.62. The van der Waals surface area contributed by atoms with Crippen molar-refractivity contribution >= 4 is 23.6 Å². The van der Waals surface area contributed by atoms with E-state index in [4.69, 9.17) is 5.73 Å². The maximum atomic E-state index is 12.6. The highest BCUT2D eigenvalue weighted by Crippen LogP contribution is 2.28. The van der Waals surface area contributed by atoms with Crippen LogP contribution >= 0.6 is 0 Å². The molecule has 3 aromatic heterocycles. The zero-order valence-electron chi connectivity index (χ0n) is 20.8. The molecule has 2 amide bonds. The van der Waals surface area contributed by atoms with Crippen LogP contribution < -0.4 is 16.4 Å². The fraction of sp³-hybridized carbons (Fsp3) is 0.222. The molecule has 4 aromatic rings. The molecule has 0 saturated heterocycles. The number of anilines is 2. The standard InChI is InChI=1S/C27H26N8O2/c1-16-11-23(35(3)33-16)31-24(36)13-18-6-4-5-17(12-18)7-8-19-15-30-27(28)32-25(19)22-14-20-21(34(22)2)9-10-29-26(20)37/h4-6,11-12,14-15H,9-10,13H2,1-3H3,(H,29,37)(H,31,36)(H2,28,30,32). The molecule has 0 spiro atoms. The van der Waals surface area contributed by atoms with Crippen LogP contribution in [0, 0.1) is 18.8 Å². The molecule has 1 aromatic carbocycles. The largest absolute Gasteiger partial charge is 0.368 e. The predicted octanol–water partition coefficient (Wildman–Crippen LogP) is 1.97. The van der Waals surface area contributed by atoms with Crippen molar-refractivity contribution in [2.24, 2.45) is 14.1 Å². The zero-order chi connectivity index (χ0) is 26.1. The van der Waals surface area contributed by atoms with Gasteiger partial charge in [-0.15, -0.1) is 0 Å². The van der Waals surface area contributed by atoms with Crippen LogP contribution in [0.4, 0.5) is 11.8 Å². The van der Waals surface area contributed by atoms with E-state index >= 15 is 0 Å². The number of nitrogens with one attached hydrogen (secondary N) is 2. The van der Waals surface area contributed by atoms with Gasteiger partial charge in [0.05, 0.1) is 28.9 Å². The molecule has 10 nitrogen and oxygen atoms in total. The van der Waals surface area contributed by atoms with E-state index in [1.807, 2.05) is 54.9 Å². The van der Waals surface area contributed by atoms with Gasteiger partial charge in [0.1, 0.15) is 11.5 Å². The first-order valence-corrected chi connectivity index (χ1v) is 11.8. The number of amides is 2. The van der Waals surface area contributed by atoms with Crippen molar-refractivity contribution in [1.82, 2.24) is 29.6 Å². The van der Waals surface area contributed by atoms with Gasteiger partial charge in [0.15, 0.2) is 0 Å².